The SMILES string of the molecule is COc1ccc(OC)c(NC(=O)COC(=O)[C@H](C)Sc2ccc(Cl)cc2)c1. The number of rotatable bonds is 8. The zero-order chi connectivity index (χ0) is 19.8. The van der Waals surface area contributed by atoms with E-state index < -0.39 is 23.7 Å². The molecule has 1 atom stereocenters. The van der Waals surface area contributed by atoms with Crippen molar-refractivity contribution in [3.8, 4) is 11.5 Å². The van der Waals surface area contributed by atoms with Crippen molar-refractivity contribution in [2.75, 3.05) is 26.1 Å². The first-order chi connectivity index (χ1) is 12.9. The molecule has 0 aliphatic rings. The van der Waals surface area contributed by atoms with E-state index in [-0.39, 0.29) is 0 Å². The molecule has 0 saturated carbocycles. The van der Waals surface area contributed by atoms with Crippen LogP contribution in [0.15, 0.2) is 47.4 Å². The van der Waals surface area contributed by atoms with Gasteiger partial charge in [-0.15, -0.1) is 11.8 Å². The number of ether oxygens (including phenoxy) is 3. The van der Waals surface area contributed by atoms with Gasteiger partial charge in [0.1, 0.15) is 16.7 Å². The molecule has 8 heteroatoms. The first-order valence-corrected chi connectivity index (χ1v) is 9.29. The van der Waals surface area contributed by atoms with Gasteiger partial charge >= 0.3 is 5.97 Å². The van der Waals surface area contributed by atoms with E-state index in [0.717, 1.165) is 4.90 Å². The molecular formula is C19H20ClNO5S. The number of thioether (sulfide) groups is 1. The van der Waals surface area contributed by atoms with Crippen molar-refractivity contribution >= 4 is 40.9 Å². The van der Waals surface area contributed by atoms with Gasteiger partial charge in [0.15, 0.2) is 6.61 Å². The van der Waals surface area contributed by atoms with Crippen molar-refractivity contribution in [3.63, 3.8) is 0 Å². The molecule has 1 amide bonds. The molecule has 1 N–H and O–H groups in total. The fourth-order valence-electron chi connectivity index (χ4n) is 2.12. The maximum atomic E-state index is 12.1. The second kappa shape index (κ2) is 10.1. The van der Waals surface area contributed by atoms with Crippen molar-refractivity contribution in [1.82, 2.24) is 0 Å². The third-order valence-corrected chi connectivity index (χ3v) is 4.83. The van der Waals surface area contributed by atoms with E-state index in [1.165, 1.54) is 26.0 Å². The van der Waals surface area contributed by atoms with Gasteiger partial charge in [-0.3, -0.25) is 9.59 Å². The maximum Gasteiger partial charge on any atom is 0.319 e. The Morgan fingerprint density at radius 1 is 1.11 bits per heavy atom. The summed E-state index contributed by atoms with van der Waals surface area (Å²) in [7, 11) is 3.02. The van der Waals surface area contributed by atoms with Crippen molar-refractivity contribution in [2.24, 2.45) is 0 Å². The Morgan fingerprint density at radius 3 is 2.44 bits per heavy atom. The van der Waals surface area contributed by atoms with Crippen LogP contribution in [0.5, 0.6) is 11.5 Å². The number of esters is 1. The second-order valence-electron chi connectivity index (χ2n) is 5.44. The molecule has 0 radical (unpaired) electrons. The van der Waals surface area contributed by atoms with E-state index in [4.69, 9.17) is 25.8 Å². The lowest BCUT2D eigenvalue weighted by Gasteiger charge is -2.13. The molecule has 0 fully saturated rings. The standard InChI is InChI=1S/C19H20ClNO5S/c1-12(27-15-7-4-13(20)5-8-15)19(23)26-11-18(22)21-16-10-14(24-2)6-9-17(16)25-3/h4-10,12H,11H2,1-3H3,(H,21,22)/t12-/m0/s1. The lowest BCUT2D eigenvalue weighted by molar-refractivity contribution is -0.146. The highest BCUT2D eigenvalue weighted by Crippen LogP contribution is 2.29. The van der Waals surface area contributed by atoms with Gasteiger partial charge in [-0.1, -0.05) is 11.6 Å². The van der Waals surface area contributed by atoms with E-state index in [0.29, 0.717) is 22.2 Å². The number of anilines is 1. The molecule has 0 aliphatic heterocycles. The number of amides is 1. The quantitative estimate of drug-likeness (QED) is 0.524. The molecule has 27 heavy (non-hydrogen) atoms. The van der Waals surface area contributed by atoms with Crippen LogP contribution in [0.1, 0.15) is 6.92 Å². The predicted molar refractivity (Wildman–Crippen MR) is 106 cm³/mol. The predicted octanol–water partition coefficient (Wildman–Crippen LogP) is 4.02. The number of hydrogen-bond donors (Lipinski definition) is 1. The van der Waals surface area contributed by atoms with Gasteiger partial charge in [0.2, 0.25) is 0 Å². The lowest BCUT2D eigenvalue weighted by atomic mass is 10.2. The number of hydrogen-bond acceptors (Lipinski definition) is 6. The number of methoxy groups -OCH3 is 2. The molecule has 2 rings (SSSR count). The van der Waals surface area contributed by atoms with Gasteiger partial charge in [-0.05, 0) is 43.3 Å². The smallest absolute Gasteiger partial charge is 0.319 e. The largest absolute Gasteiger partial charge is 0.497 e. The minimum absolute atomic E-state index is 0.398. The summed E-state index contributed by atoms with van der Waals surface area (Å²) in [5, 5.41) is 2.80. The second-order valence-corrected chi connectivity index (χ2v) is 7.29. The van der Waals surface area contributed by atoms with Crippen LogP contribution in [0.2, 0.25) is 5.02 Å². The van der Waals surface area contributed by atoms with Crippen LogP contribution in [0.25, 0.3) is 0 Å². The Hall–Kier alpha value is -2.38. The molecule has 0 bridgehead atoms. The van der Waals surface area contributed by atoms with Crippen LogP contribution in [0.3, 0.4) is 0 Å². The van der Waals surface area contributed by atoms with Gasteiger partial charge in [0, 0.05) is 16.0 Å². The van der Waals surface area contributed by atoms with E-state index in [9.17, 15) is 9.59 Å². The zero-order valence-corrected chi connectivity index (χ0v) is 16.7. The van der Waals surface area contributed by atoms with Gasteiger partial charge in [-0.25, -0.2) is 0 Å². The van der Waals surface area contributed by atoms with Gasteiger partial charge in [0.25, 0.3) is 5.91 Å². The fraction of sp³-hybridized carbons (Fsp3) is 0.263. The highest BCUT2D eigenvalue weighted by atomic mass is 35.5. The highest BCUT2D eigenvalue weighted by molar-refractivity contribution is 8.00. The number of halogens is 1. The monoisotopic (exact) mass is 409 g/mol. The number of benzene rings is 2. The fourth-order valence-corrected chi connectivity index (χ4v) is 3.11. The topological polar surface area (TPSA) is 73.9 Å². The molecule has 144 valence electrons. The van der Waals surface area contributed by atoms with Gasteiger partial charge in [-0.2, -0.15) is 0 Å². The molecule has 0 spiro atoms. The molecule has 2 aromatic carbocycles. The van der Waals surface area contributed by atoms with Gasteiger partial charge in [0.05, 0.1) is 19.9 Å². The van der Waals surface area contributed by atoms with Crippen molar-refractivity contribution < 1.29 is 23.8 Å². The Balaban J connectivity index is 1.87. The lowest BCUT2D eigenvalue weighted by Crippen LogP contribution is -2.25. The molecule has 0 heterocycles. The minimum atomic E-state index is -0.484. The summed E-state index contributed by atoms with van der Waals surface area (Å²) in [6.07, 6.45) is 0. The first kappa shape index (κ1) is 20.9. The van der Waals surface area contributed by atoms with Crippen LogP contribution < -0.4 is 14.8 Å². The number of nitrogens with one attached hydrogen (secondary N) is 1. The number of carbonyl (C=O) groups is 2. The summed E-state index contributed by atoms with van der Waals surface area (Å²) >= 11 is 7.17. The van der Waals surface area contributed by atoms with Crippen LogP contribution >= 0.6 is 23.4 Å². The third kappa shape index (κ3) is 6.37. The van der Waals surface area contributed by atoms with Crippen LogP contribution in [0, 0.1) is 0 Å². The molecule has 0 saturated heterocycles. The molecule has 0 aliphatic carbocycles. The third-order valence-electron chi connectivity index (χ3n) is 3.48. The Kier molecular flexibility index (Phi) is 7.82. The van der Waals surface area contributed by atoms with Crippen molar-refractivity contribution in [2.45, 2.75) is 17.1 Å². The Morgan fingerprint density at radius 2 is 1.81 bits per heavy atom. The maximum absolute atomic E-state index is 12.1. The molecule has 0 aromatic heterocycles. The van der Waals surface area contributed by atoms with Gasteiger partial charge < -0.3 is 19.5 Å². The average molecular weight is 410 g/mol. The minimum Gasteiger partial charge on any atom is -0.497 e. The summed E-state index contributed by atoms with van der Waals surface area (Å²) < 4.78 is 15.4. The average Bonchev–Trinajstić information content (AvgIpc) is 2.67. The molecular weight excluding hydrogens is 390 g/mol. The Labute approximate surface area is 167 Å². The Bertz CT molecular complexity index is 797. The van der Waals surface area contributed by atoms with E-state index in [1.54, 1.807) is 37.3 Å². The summed E-state index contributed by atoms with van der Waals surface area (Å²) in [6.45, 7) is 1.31. The number of carbonyl (C=O) groups excluding carboxylic acids is 2. The van der Waals surface area contributed by atoms with Crippen LogP contribution in [0.4, 0.5) is 5.69 Å². The van der Waals surface area contributed by atoms with Crippen molar-refractivity contribution in [1.29, 1.82) is 0 Å². The van der Waals surface area contributed by atoms with E-state index in [1.807, 2.05) is 12.1 Å². The molecule has 2 aromatic rings. The summed E-state index contributed by atoms with van der Waals surface area (Å²) in [5.41, 5.74) is 0.432. The van der Waals surface area contributed by atoms with E-state index in [2.05, 4.69) is 5.32 Å². The van der Waals surface area contributed by atoms with Crippen molar-refractivity contribution in [3.05, 3.63) is 47.5 Å². The van der Waals surface area contributed by atoms with Crippen LogP contribution in [-0.2, 0) is 14.3 Å². The highest BCUT2D eigenvalue weighted by Gasteiger charge is 2.18. The normalized spacial score (nSPS) is 11.4. The van der Waals surface area contributed by atoms with Crippen LogP contribution in [-0.4, -0.2) is 38.0 Å². The summed E-state index contributed by atoms with van der Waals surface area (Å²) in [6, 6.07) is 12.1. The summed E-state index contributed by atoms with van der Waals surface area (Å²) in [4.78, 5) is 25.1. The molecule has 0 unspecified atom stereocenters. The molecule has 6 nitrogen and oxygen atoms in total. The van der Waals surface area contributed by atoms with E-state index >= 15 is 0 Å². The first-order valence-electron chi connectivity index (χ1n) is 8.03. The summed E-state index contributed by atoms with van der Waals surface area (Å²) in [5.74, 6) is 0.0829. The zero-order valence-electron chi connectivity index (χ0n) is 15.2.